The molecule has 4 nitrogen and oxygen atoms in total. The van der Waals surface area contributed by atoms with Crippen molar-refractivity contribution >= 4 is 21.7 Å². The van der Waals surface area contributed by atoms with Gasteiger partial charge in [-0.1, -0.05) is 0 Å². The molecule has 0 N–H and O–H groups in total. The second-order valence-corrected chi connectivity index (χ2v) is 3.96. The van der Waals surface area contributed by atoms with Gasteiger partial charge in [0.15, 0.2) is 4.67 Å². The predicted octanol–water partition coefficient (Wildman–Crippen LogP) is 2.32. The van der Waals surface area contributed by atoms with Crippen LogP contribution >= 0.6 is 15.9 Å². The molecule has 0 bridgehead atoms. The number of hydrogen-bond donors (Lipinski definition) is 0. The van der Waals surface area contributed by atoms with Crippen molar-refractivity contribution in [1.29, 1.82) is 0 Å². The molecule has 2 aromatic rings. The molecule has 0 fully saturated rings. The maximum absolute atomic E-state index is 12.0. The average Bonchev–Trinajstić information content (AvgIpc) is 2.71. The molecule has 0 amide bonds. The van der Waals surface area contributed by atoms with Gasteiger partial charge in [-0.15, -0.1) is 0 Å². The summed E-state index contributed by atoms with van der Waals surface area (Å²) < 4.78 is 7.10. The minimum absolute atomic E-state index is 0.0822. The standard InChI is InChI=1S/C10H9BrN2O2/c1-6-8(5-13(2)12-6)9(14)7-3-4-15-10(7)11/h3-5H,1-2H3. The van der Waals surface area contributed by atoms with Gasteiger partial charge in [-0.3, -0.25) is 9.48 Å². The lowest BCUT2D eigenvalue weighted by atomic mass is 10.1. The first-order valence-corrected chi connectivity index (χ1v) is 5.17. The van der Waals surface area contributed by atoms with Crippen molar-refractivity contribution in [3.8, 4) is 0 Å². The van der Waals surface area contributed by atoms with E-state index < -0.39 is 0 Å². The summed E-state index contributed by atoms with van der Waals surface area (Å²) in [6.45, 7) is 1.81. The normalized spacial score (nSPS) is 10.6. The van der Waals surface area contributed by atoms with E-state index >= 15 is 0 Å². The van der Waals surface area contributed by atoms with E-state index in [1.807, 2.05) is 0 Å². The fourth-order valence-electron chi connectivity index (χ4n) is 1.42. The van der Waals surface area contributed by atoms with Gasteiger partial charge >= 0.3 is 0 Å². The highest BCUT2D eigenvalue weighted by atomic mass is 79.9. The fraction of sp³-hybridized carbons (Fsp3) is 0.200. The second-order valence-electron chi connectivity index (χ2n) is 3.24. The molecule has 0 aliphatic rings. The third-order valence-corrected chi connectivity index (χ3v) is 2.73. The van der Waals surface area contributed by atoms with Crippen LogP contribution in [0.2, 0.25) is 0 Å². The molecule has 0 saturated carbocycles. The summed E-state index contributed by atoms with van der Waals surface area (Å²) in [5.41, 5.74) is 1.83. The number of rotatable bonds is 2. The zero-order chi connectivity index (χ0) is 11.0. The maximum atomic E-state index is 12.0. The molecule has 2 rings (SSSR count). The number of aromatic nitrogens is 2. The molecule has 0 saturated heterocycles. The Kier molecular flexibility index (Phi) is 2.48. The van der Waals surface area contributed by atoms with Crippen LogP contribution in [0.4, 0.5) is 0 Å². The van der Waals surface area contributed by atoms with E-state index in [-0.39, 0.29) is 5.78 Å². The van der Waals surface area contributed by atoms with Crippen LogP contribution in [0, 0.1) is 6.92 Å². The molecule has 78 valence electrons. The molecular weight excluding hydrogens is 260 g/mol. The van der Waals surface area contributed by atoms with Gasteiger partial charge in [0.1, 0.15) is 0 Å². The van der Waals surface area contributed by atoms with Crippen molar-refractivity contribution in [2.24, 2.45) is 7.05 Å². The van der Waals surface area contributed by atoms with E-state index in [0.717, 1.165) is 5.69 Å². The van der Waals surface area contributed by atoms with Gasteiger partial charge in [0.25, 0.3) is 0 Å². The summed E-state index contributed by atoms with van der Waals surface area (Å²) >= 11 is 3.18. The Balaban J connectivity index is 2.45. The second kappa shape index (κ2) is 3.66. The summed E-state index contributed by atoms with van der Waals surface area (Å²) in [6, 6.07) is 1.64. The summed E-state index contributed by atoms with van der Waals surface area (Å²) in [6.07, 6.45) is 3.18. The van der Waals surface area contributed by atoms with Crippen molar-refractivity contribution in [2.45, 2.75) is 6.92 Å². The van der Waals surface area contributed by atoms with Crippen LogP contribution in [0.5, 0.6) is 0 Å². The molecule has 0 radical (unpaired) electrons. The number of hydrogen-bond acceptors (Lipinski definition) is 3. The molecule has 0 aliphatic carbocycles. The molecule has 0 aromatic carbocycles. The molecule has 2 heterocycles. The van der Waals surface area contributed by atoms with Crippen LogP contribution in [-0.4, -0.2) is 15.6 Å². The largest absolute Gasteiger partial charge is 0.457 e. The lowest BCUT2D eigenvalue weighted by Crippen LogP contribution is -2.00. The van der Waals surface area contributed by atoms with E-state index in [4.69, 9.17) is 4.42 Å². The van der Waals surface area contributed by atoms with E-state index in [2.05, 4.69) is 21.0 Å². The minimum Gasteiger partial charge on any atom is -0.457 e. The zero-order valence-electron chi connectivity index (χ0n) is 8.32. The fourth-order valence-corrected chi connectivity index (χ4v) is 1.84. The van der Waals surface area contributed by atoms with Gasteiger partial charge in [-0.2, -0.15) is 5.10 Å². The van der Waals surface area contributed by atoms with Gasteiger partial charge in [-0.05, 0) is 28.9 Å². The number of carbonyl (C=O) groups excluding carboxylic acids is 1. The Labute approximate surface area is 95.0 Å². The third kappa shape index (κ3) is 1.74. The number of furan rings is 1. The van der Waals surface area contributed by atoms with Crippen LogP contribution < -0.4 is 0 Å². The molecular formula is C10H9BrN2O2. The van der Waals surface area contributed by atoms with Gasteiger partial charge in [-0.25, -0.2) is 0 Å². The van der Waals surface area contributed by atoms with Crippen LogP contribution in [0.3, 0.4) is 0 Å². The highest BCUT2D eigenvalue weighted by Crippen LogP contribution is 2.21. The Hall–Kier alpha value is -1.36. The topological polar surface area (TPSA) is 48.0 Å². The molecule has 0 spiro atoms. The van der Waals surface area contributed by atoms with Crippen LogP contribution in [0.25, 0.3) is 0 Å². The first-order chi connectivity index (χ1) is 7.09. The van der Waals surface area contributed by atoms with Gasteiger partial charge < -0.3 is 4.42 Å². The zero-order valence-corrected chi connectivity index (χ0v) is 9.91. The Bertz CT molecular complexity index is 513. The maximum Gasteiger partial charge on any atom is 0.200 e. The van der Waals surface area contributed by atoms with E-state index in [1.54, 1.807) is 30.9 Å². The Morgan fingerprint density at radius 2 is 2.27 bits per heavy atom. The highest BCUT2D eigenvalue weighted by Gasteiger charge is 2.18. The monoisotopic (exact) mass is 268 g/mol. The summed E-state index contributed by atoms with van der Waals surface area (Å²) in [5, 5.41) is 4.12. The summed E-state index contributed by atoms with van der Waals surface area (Å²) in [7, 11) is 1.79. The predicted molar refractivity (Wildman–Crippen MR) is 57.8 cm³/mol. The van der Waals surface area contributed by atoms with Crippen molar-refractivity contribution in [3.05, 3.63) is 40.0 Å². The lowest BCUT2D eigenvalue weighted by Gasteiger charge is -1.94. The highest BCUT2D eigenvalue weighted by molar-refractivity contribution is 9.10. The number of nitrogens with zero attached hydrogens (tertiary/aromatic N) is 2. The third-order valence-electron chi connectivity index (χ3n) is 2.12. The van der Waals surface area contributed by atoms with E-state index in [1.165, 1.54) is 6.26 Å². The SMILES string of the molecule is Cc1nn(C)cc1C(=O)c1ccoc1Br. The summed E-state index contributed by atoms with van der Waals surface area (Å²) in [5.74, 6) is -0.0822. The smallest absolute Gasteiger partial charge is 0.200 e. The van der Waals surface area contributed by atoms with Crippen molar-refractivity contribution in [2.75, 3.05) is 0 Å². The van der Waals surface area contributed by atoms with Crippen molar-refractivity contribution < 1.29 is 9.21 Å². The average molecular weight is 269 g/mol. The number of carbonyl (C=O) groups is 1. The number of aryl methyl sites for hydroxylation is 2. The van der Waals surface area contributed by atoms with Crippen LogP contribution in [0.15, 0.2) is 27.6 Å². The molecule has 0 atom stereocenters. The van der Waals surface area contributed by atoms with Crippen LogP contribution in [-0.2, 0) is 7.05 Å². The summed E-state index contributed by atoms with van der Waals surface area (Å²) in [4.78, 5) is 12.0. The van der Waals surface area contributed by atoms with E-state index in [0.29, 0.717) is 15.8 Å². The van der Waals surface area contributed by atoms with Gasteiger partial charge in [0.2, 0.25) is 5.78 Å². The Morgan fingerprint density at radius 3 is 2.73 bits per heavy atom. The molecule has 0 unspecified atom stereocenters. The first kappa shape index (κ1) is 10.2. The molecule has 15 heavy (non-hydrogen) atoms. The minimum atomic E-state index is -0.0822. The Morgan fingerprint density at radius 1 is 1.53 bits per heavy atom. The van der Waals surface area contributed by atoms with Gasteiger partial charge in [0.05, 0.1) is 23.1 Å². The number of halogens is 1. The number of ketones is 1. The first-order valence-electron chi connectivity index (χ1n) is 4.37. The van der Waals surface area contributed by atoms with E-state index in [9.17, 15) is 4.79 Å². The molecule has 2 aromatic heterocycles. The molecule has 5 heteroatoms. The van der Waals surface area contributed by atoms with Crippen LogP contribution in [0.1, 0.15) is 21.6 Å². The quantitative estimate of drug-likeness (QED) is 0.786. The van der Waals surface area contributed by atoms with Crippen molar-refractivity contribution in [1.82, 2.24) is 9.78 Å². The van der Waals surface area contributed by atoms with Crippen molar-refractivity contribution in [3.63, 3.8) is 0 Å². The lowest BCUT2D eigenvalue weighted by molar-refractivity contribution is 0.103. The van der Waals surface area contributed by atoms with Gasteiger partial charge in [0, 0.05) is 13.2 Å². The molecule has 0 aliphatic heterocycles.